The number of ether oxygens (including phenoxy) is 2. The Labute approximate surface area is 90.8 Å². The molecule has 2 radical (unpaired) electrons. The SMILES string of the molecule is CC.CC.[B]CCCC1(C)OCCO1. The number of rotatable bonds is 3. The molecular formula is C11H25BO2. The molecule has 0 aromatic carbocycles. The molecule has 0 atom stereocenters. The Bertz CT molecular complexity index is 101. The molecule has 0 aliphatic carbocycles. The van der Waals surface area contributed by atoms with E-state index in [0.717, 1.165) is 26.1 Å². The summed E-state index contributed by atoms with van der Waals surface area (Å²) in [5, 5.41) is 0. The summed E-state index contributed by atoms with van der Waals surface area (Å²) >= 11 is 0. The van der Waals surface area contributed by atoms with Crippen LogP contribution < -0.4 is 0 Å². The molecule has 0 aromatic rings. The zero-order valence-corrected chi connectivity index (χ0v) is 10.4. The van der Waals surface area contributed by atoms with Gasteiger partial charge in [0.25, 0.3) is 0 Å². The Morgan fingerprint density at radius 3 is 1.86 bits per heavy atom. The van der Waals surface area contributed by atoms with Crippen molar-refractivity contribution in [3.63, 3.8) is 0 Å². The molecule has 1 aliphatic rings. The van der Waals surface area contributed by atoms with E-state index in [-0.39, 0.29) is 5.79 Å². The summed E-state index contributed by atoms with van der Waals surface area (Å²) in [7, 11) is 5.35. The van der Waals surface area contributed by atoms with Gasteiger partial charge in [0.2, 0.25) is 0 Å². The standard InChI is InChI=1S/C7H13BO2.2C2H6/c1-7(3-2-4-8)9-5-6-10-7;2*1-2/h2-6H2,1H3;2*1-2H3. The molecule has 0 saturated carbocycles. The van der Waals surface area contributed by atoms with E-state index < -0.39 is 0 Å². The molecule has 0 spiro atoms. The molecule has 0 amide bonds. The lowest BCUT2D eigenvalue weighted by atomic mass is 9.98. The Hall–Kier alpha value is -0.0151. The highest BCUT2D eigenvalue weighted by molar-refractivity contribution is 6.08. The van der Waals surface area contributed by atoms with Gasteiger partial charge in [-0.25, -0.2) is 0 Å². The Morgan fingerprint density at radius 1 is 1.07 bits per heavy atom. The van der Waals surface area contributed by atoms with E-state index in [0.29, 0.717) is 6.32 Å². The van der Waals surface area contributed by atoms with Gasteiger partial charge >= 0.3 is 0 Å². The Balaban J connectivity index is 0. The molecule has 1 saturated heterocycles. The molecule has 0 N–H and O–H groups in total. The van der Waals surface area contributed by atoms with E-state index in [2.05, 4.69) is 0 Å². The van der Waals surface area contributed by atoms with Crippen LogP contribution in [0.5, 0.6) is 0 Å². The largest absolute Gasteiger partial charge is 0.348 e. The van der Waals surface area contributed by atoms with Crippen LogP contribution in [-0.4, -0.2) is 26.8 Å². The van der Waals surface area contributed by atoms with Crippen LogP contribution in [0.3, 0.4) is 0 Å². The maximum Gasteiger partial charge on any atom is 0.165 e. The summed E-state index contributed by atoms with van der Waals surface area (Å²) in [5.74, 6) is -0.334. The first-order chi connectivity index (χ1) is 6.77. The number of hydrogen-bond donors (Lipinski definition) is 0. The lowest BCUT2D eigenvalue weighted by Gasteiger charge is -2.21. The van der Waals surface area contributed by atoms with Crippen LogP contribution in [0.2, 0.25) is 6.32 Å². The molecule has 14 heavy (non-hydrogen) atoms. The third-order valence-electron chi connectivity index (χ3n) is 1.73. The molecular weight excluding hydrogens is 175 g/mol. The maximum atomic E-state index is 5.36. The average Bonchev–Trinajstić information content (AvgIpc) is 2.69. The minimum absolute atomic E-state index is 0.334. The normalized spacial score (nSPS) is 17.5. The molecule has 1 rings (SSSR count). The molecule has 0 unspecified atom stereocenters. The first-order valence-electron chi connectivity index (χ1n) is 5.75. The van der Waals surface area contributed by atoms with Gasteiger partial charge in [-0.3, -0.25) is 0 Å². The van der Waals surface area contributed by atoms with E-state index >= 15 is 0 Å². The summed E-state index contributed by atoms with van der Waals surface area (Å²) in [4.78, 5) is 0. The monoisotopic (exact) mass is 200 g/mol. The van der Waals surface area contributed by atoms with Gasteiger partial charge in [0.15, 0.2) is 5.79 Å². The van der Waals surface area contributed by atoms with Crippen LogP contribution in [0.4, 0.5) is 0 Å². The van der Waals surface area contributed by atoms with E-state index in [1.54, 1.807) is 0 Å². The van der Waals surface area contributed by atoms with Crippen LogP contribution in [-0.2, 0) is 9.47 Å². The van der Waals surface area contributed by atoms with Crippen molar-refractivity contribution >= 4 is 7.85 Å². The summed E-state index contributed by atoms with van der Waals surface area (Å²) in [6.07, 6.45) is 2.59. The van der Waals surface area contributed by atoms with Gasteiger partial charge < -0.3 is 9.47 Å². The molecule has 1 aliphatic heterocycles. The van der Waals surface area contributed by atoms with Gasteiger partial charge in [-0.15, -0.1) is 0 Å². The van der Waals surface area contributed by atoms with E-state index in [4.69, 9.17) is 17.3 Å². The Kier molecular flexibility index (Phi) is 13.0. The predicted octanol–water partition coefficient (Wildman–Crippen LogP) is 3.17. The van der Waals surface area contributed by atoms with Gasteiger partial charge in [-0.2, -0.15) is 0 Å². The highest BCUT2D eigenvalue weighted by Crippen LogP contribution is 2.24. The lowest BCUT2D eigenvalue weighted by molar-refractivity contribution is -0.146. The summed E-state index contributed by atoms with van der Waals surface area (Å²) < 4.78 is 10.7. The van der Waals surface area contributed by atoms with Crippen molar-refractivity contribution in [2.45, 2.75) is 59.6 Å². The van der Waals surface area contributed by atoms with Crippen molar-refractivity contribution in [3.8, 4) is 0 Å². The number of hydrogen-bond acceptors (Lipinski definition) is 2. The van der Waals surface area contributed by atoms with Crippen molar-refractivity contribution in [2.24, 2.45) is 0 Å². The van der Waals surface area contributed by atoms with Crippen LogP contribution in [0.25, 0.3) is 0 Å². The minimum atomic E-state index is -0.334. The molecule has 0 bridgehead atoms. The van der Waals surface area contributed by atoms with Crippen LogP contribution in [0.15, 0.2) is 0 Å². The summed E-state index contributed by atoms with van der Waals surface area (Å²) in [5.41, 5.74) is 0. The summed E-state index contributed by atoms with van der Waals surface area (Å²) in [6.45, 7) is 11.4. The van der Waals surface area contributed by atoms with Gasteiger partial charge in [0.1, 0.15) is 0 Å². The first-order valence-corrected chi connectivity index (χ1v) is 5.75. The zero-order chi connectivity index (χ0) is 11.4. The Morgan fingerprint density at radius 2 is 1.50 bits per heavy atom. The third-order valence-corrected chi connectivity index (χ3v) is 1.73. The van der Waals surface area contributed by atoms with Crippen molar-refractivity contribution in [2.75, 3.05) is 13.2 Å². The predicted molar refractivity (Wildman–Crippen MR) is 62.8 cm³/mol. The van der Waals surface area contributed by atoms with Crippen LogP contribution >= 0.6 is 0 Å². The molecule has 1 fully saturated rings. The average molecular weight is 200 g/mol. The highest BCUT2D eigenvalue weighted by Gasteiger charge is 2.29. The molecule has 84 valence electrons. The quantitative estimate of drug-likeness (QED) is 0.651. The second kappa shape index (κ2) is 11.1. The van der Waals surface area contributed by atoms with Gasteiger partial charge in [-0.1, -0.05) is 40.4 Å². The lowest BCUT2D eigenvalue weighted by Crippen LogP contribution is -2.24. The zero-order valence-electron chi connectivity index (χ0n) is 10.4. The second-order valence-corrected chi connectivity index (χ2v) is 2.72. The van der Waals surface area contributed by atoms with Gasteiger partial charge in [0, 0.05) is 6.42 Å². The van der Waals surface area contributed by atoms with Gasteiger partial charge in [-0.05, 0) is 6.92 Å². The van der Waals surface area contributed by atoms with Crippen molar-refractivity contribution < 1.29 is 9.47 Å². The highest BCUT2D eigenvalue weighted by atomic mass is 16.7. The van der Waals surface area contributed by atoms with E-state index in [1.165, 1.54) is 0 Å². The molecule has 0 aromatic heterocycles. The van der Waals surface area contributed by atoms with E-state index in [9.17, 15) is 0 Å². The van der Waals surface area contributed by atoms with Crippen LogP contribution in [0, 0.1) is 0 Å². The minimum Gasteiger partial charge on any atom is -0.348 e. The van der Waals surface area contributed by atoms with E-state index in [1.807, 2.05) is 34.6 Å². The molecule has 1 heterocycles. The third kappa shape index (κ3) is 7.39. The second-order valence-electron chi connectivity index (χ2n) is 2.72. The molecule has 2 nitrogen and oxygen atoms in total. The fourth-order valence-electron chi connectivity index (χ4n) is 1.12. The first kappa shape index (κ1) is 16.4. The van der Waals surface area contributed by atoms with Gasteiger partial charge in [0.05, 0.1) is 21.1 Å². The maximum absolute atomic E-state index is 5.36. The van der Waals surface area contributed by atoms with Crippen molar-refractivity contribution in [1.29, 1.82) is 0 Å². The smallest absolute Gasteiger partial charge is 0.165 e. The molecule has 3 heteroatoms. The van der Waals surface area contributed by atoms with Crippen molar-refractivity contribution in [1.82, 2.24) is 0 Å². The fraction of sp³-hybridized carbons (Fsp3) is 1.00. The summed E-state index contributed by atoms with van der Waals surface area (Å²) in [6, 6.07) is 0. The van der Waals surface area contributed by atoms with Crippen LogP contribution in [0.1, 0.15) is 47.5 Å². The topological polar surface area (TPSA) is 18.5 Å². The fourth-order valence-corrected chi connectivity index (χ4v) is 1.12. The van der Waals surface area contributed by atoms with Crippen molar-refractivity contribution in [3.05, 3.63) is 0 Å².